The predicted octanol–water partition coefficient (Wildman–Crippen LogP) is 4.19. The molecular formula is C10H13BrOS. The summed E-state index contributed by atoms with van der Waals surface area (Å²) in [6.45, 7) is 4.12. The fraction of sp³-hybridized carbons (Fsp3) is 0.500. The third kappa shape index (κ3) is 2.92. The molecule has 0 atom stereocenters. The molecule has 0 N–H and O–H groups in total. The van der Waals surface area contributed by atoms with Crippen molar-refractivity contribution in [3.63, 3.8) is 0 Å². The Morgan fingerprint density at radius 1 is 1.62 bits per heavy atom. The number of thiophene rings is 1. The second kappa shape index (κ2) is 4.91. The summed E-state index contributed by atoms with van der Waals surface area (Å²) in [5.74, 6) is 0.278. The van der Waals surface area contributed by atoms with Crippen LogP contribution in [0.1, 0.15) is 40.7 Å². The van der Waals surface area contributed by atoms with E-state index in [0.29, 0.717) is 6.42 Å². The van der Waals surface area contributed by atoms with Gasteiger partial charge in [0.05, 0.1) is 4.88 Å². The van der Waals surface area contributed by atoms with Crippen LogP contribution in [0.25, 0.3) is 0 Å². The standard InChI is InChI=1S/C10H13BrOS/c1-3-4-5-9(12)10-6-8(11)7(2)13-10/h6H,3-5H2,1-2H3. The molecule has 1 heterocycles. The highest BCUT2D eigenvalue weighted by Gasteiger charge is 2.09. The van der Waals surface area contributed by atoms with Gasteiger partial charge in [-0.2, -0.15) is 0 Å². The third-order valence-electron chi connectivity index (χ3n) is 1.89. The highest BCUT2D eigenvalue weighted by Crippen LogP contribution is 2.27. The minimum Gasteiger partial charge on any atom is -0.293 e. The van der Waals surface area contributed by atoms with Crippen molar-refractivity contribution in [2.24, 2.45) is 0 Å². The van der Waals surface area contributed by atoms with Crippen molar-refractivity contribution in [2.75, 3.05) is 0 Å². The highest BCUT2D eigenvalue weighted by molar-refractivity contribution is 9.10. The Kier molecular flexibility index (Phi) is 4.13. The van der Waals surface area contributed by atoms with Crippen LogP contribution in [0.3, 0.4) is 0 Å². The summed E-state index contributed by atoms with van der Waals surface area (Å²) in [4.78, 5) is 13.6. The van der Waals surface area contributed by atoms with Gasteiger partial charge in [-0.15, -0.1) is 11.3 Å². The molecule has 0 fully saturated rings. The largest absolute Gasteiger partial charge is 0.293 e. The molecule has 3 heteroatoms. The number of hydrogen-bond acceptors (Lipinski definition) is 2. The lowest BCUT2D eigenvalue weighted by Gasteiger charge is -1.93. The molecule has 1 nitrogen and oxygen atoms in total. The molecule has 0 spiro atoms. The predicted molar refractivity (Wildman–Crippen MR) is 60.6 cm³/mol. The molecule has 0 aromatic carbocycles. The van der Waals surface area contributed by atoms with Crippen LogP contribution in [0.4, 0.5) is 0 Å². The molecule has 1 aromatic heterocycles. The summed E-state index contributed by atoms with van der Waals surface area (Å²) >= 11 is 4.99. The van der Waals surface area contributed by atoms with Crippen LogP contribution < -0.4 is 0 Å². The van der Waals surface area contributed by atoms with Gasteiger partial charge in [-0.25, -0.2) is 0 Å². The number of carbonyl (C=O) groups excluding carboxylic acids is 1. The van der Waals surface area contributed by atoms with E-state index in [0.717, 1.165) is 22.2 Å². The molecule has 0 amide bonds. The maximum absolute atomic E-state index is 11.6. The van der Waals surface area contributed by atoms with Gasteiger partial charge in [-0.3, -0.25) is 4.79 Å². The molecule has 0 saturated carbocycles. The Bertz CT molecular complexity index is 284. The van der Waals surface area contributed by atoms with Crippen molar-refractivity contribution in [2.45, 2.75) is 33.1 Å². The zero-order valence-electron chi connectivity index (χ0n) is 7.89. The lowest BCUT2D eigenvalue weighted by molar-refractivity contribution is 0.0983. The molecule has 13 heavy (non-hydrogen) atoms. The van der Waals surface area contributed by atoms with E-state index in [2.05, 4.69) is 22.9 Å². The van der Waals surface area contributed by atoms with Crippen molar-refractivity contribution in [3.8, 4) is 0 Å². The number of hydrogen-bond donors (Lipinski definition) is 0. The second-order valence-corrected chi connectivity index (χ2v) is 5.15. The topological polar surface area (TPSA) is 17.1 Å². The van der Waals surface area contributed by atoms with Crippen molar-refractivity contribution >= 4 is 33.0 Å². The Morgan fingerprint density at radius 3 is 2.77 bits per heavy atom. The number of Topliss-reactive ketones (excluding diaryl/α,β-unsaturated/α-hetero) is 1. The summed E-state index contributed by atoms with van der Waals surface area (Å²) < 4.78 is 1.05. The molecule has 0 unspecified atom stereocenters. The Balaban J connectivity index is 2.66. The van der Waals surface area contributed by atoms with E-state index in [-0.39, 0.29) is 5.78 Å². The Morgan fingerprint density at radius 2 is 2.31 bits per heavy atom. The quantitative estimate of drug-likeness (QED) is 0.742. The van der Waals surface area contributed by atoms with E-state index in [4.69, 9.17) is 0 Å². The van der Waals surface area contributed by atoms with Gasteiger partial charge in [0.25, 0.3) is 0 Å². The second-order valence-electron chi connectivity index (χ2n) is 3.04. The van der Waals surface area contributed by atoms with E-state index < -0.39 is 0 Å². The van der Waals surface area contributed by atoms with Crippen LogP contribution in [0.2, 0.25) is 0 Å². The summed E-state index contributed by atoms with van der Waals surface area (Å²) in [6.07, 6.45) is 2.76. The van der Waals surface area contributed by atoms with Crippen LogP contribution in [0.15, 0.2) is 10.5 Å². The zero-order valence-corrected chi connectivity index (χ0v) is 10.3. The molecule has 1 rings (SSSR count). The average Bonchev–Trinajstić information content (AvgIpc) is 2.43. The lowest BCUT2D eigenvalue weighted by atomic mass is 10.1. The van der Waals surface area contributed by atoms with Gasteiger partial charge in [0.15, 0.2) is 5.78 Å². The van der Waals surface area contributed by atoms with Crippen LogP contribution in [0.5, 0.6) is 0 Å². The fourth-order valence-corrected chi connectivity index (χ4v) is 2.56. The molecule has 0 radical (unpaired) electrons. The molecule has 72 valence electrons. The number of aryl methyl sites for hydroxylation is 1. The first kappa shape index (κ1) is 10.9. The highest BCUT2D eigenvalue weighted by atomic mass is 79.9. The fourth-order valence-electron chi connectivity index (χ4n) is 1.06. The molecule has 0 aliphatic heterocycles. The molecule has 1 aromatic rings. The van der Waals surface area contributed by atoms with Crippen LogP contribution in [-0.4, -0.2) is 5.78 Å². The maximum Gasteiger partial charge on any atom is 0.172 e. The number of carbonyl (C=O) groups is 1. The lowest BCUT2D eigenvalue weighted by Crippen LogP contribution is -1.94. The Hall–Kier alpha value is -0.150. The van der Waals surface area contributed by atoms with E-state index in [1.54, 1.807) is 11.3 Å². The van der Waals surface area contributed by atoms with Crippen molar-refractivity contribution in [1.82, 2.24) is 0 Å². The van der Waals surface area contributed by atoms with Gasteiger partial charge in [-0.1, -0.05) is 13.3 Å². The van der Waals surface area contributed by atoms with Gasteiger partial charge in [0.1, 0.15) is 0 Å². The van der Waals surface area contributed by atoms with Gasteiger partial charge in [0, 0.05) is 15.8 Å². The zero-order chi connectivity index (χ0) is 9.84. The average molecular weight is 261 g/mol. The first-order valence-corrected chi connectivity index (χ1v) is 6.05. The van der Waals surface area contributed by atoms with Crippen LogP contribution in [-0.2, 0) is 0 Å². The first-order chi connectivity index (χ1) is 6.15. The van der Waals surface area contributed by atoms with E-state index in [1.165, 1.54) is 4.88 Å². The van der Waals surface area contributed by atoms with Gasteiger partial charge in [-0.05, 0) is 35.3 Å². The summed E-state index contributed by atoms with van der Waals surface area (Å²) in [5.41, 5.74) is 0. The SMILES string of the molecule is CCCCC(=O)c1cc(Br)c(C)s1. The van der Waals surface area contributed by atoms with Crippen LogP contribution >= 0.6 is 27.3 Å². The van der Waals surface area contributed by atoms with Gasteiger partial charge in [0.2, 0.25) is 0 Å². The van der Waals surface area contributed by atoms with Gasteiger partial charge >= 0.3 is 0 Å². The van der Waals surface area contributed by atoms with Crippen molar-refractivity contribution in [1.29, 1.82) is 0 Å². The minimum absolute atomic E-state index is 0.278. The van der Waals surface area contributed by atoms with E-state index in [9.17, 15) is 4.79 Å². The first-order valence-electron chi connectivity index (χ1n) is 4.44. The van der Waals surface area contributed by atoms with Gasteiger partial charge < -0.3 is 0 Å². The van der Waals surface area contributed by atoms with E-state index in [1.807, 2.05) is 13.0 Å². The van der Waals surface area contributed by atoms with Crippen LogP contribution in [0, 0.1) is 6.92 Å². The van der Waals surface area contributed by atoms with Crippen molar-refractivity contribution in [3.05, 3.63) is 20.3 Å². The summed E-state index contributed by atoms with van der Waals surface area (Å²) in [5, 5.41) is 0. The Labute approximate surface area is 91.3 Å². The number of halogens is 1. The summed E-state index contributed by atoms with van der Waals surface area (Å²) in [6, 6.07) is 1.93. The van der Waals surface area contributed by atoms with Crippen molar-refractivity contribution < 1.29 is 4.79 Å². The normalized spacial score (nSPS) is 10.4. The number of rotatable bonds is 4. The molecule has 0 saturated heterocycles. The minimum atomic E-state index is 0.278. The molecule has 0 aliphatic carbocycles. The number of ketones is 1. The molecule has 0 aliphatic rings. The third-order valence-corrected chi connectivity index (χ3v) is 4.07. The number of unbranched alkanes of at least 4 members (excludes halogenated alkanes) is 1. The van der Waals surface area contributed by atoms with E-state index >= 15 is 0 Å². The molecule has 0 bridgehead atoms. The monoisotopic (exact) mass is 260 g/mol. The molecular weight excluding hydrogens is 248 g/mol. The summed E-state index contributed by atoms with van der Waals surface area (Å²) in [7, 11) is 0. The smallest absolute Gasteiger partial charge is 0.172 e. The maximum atomic E-state index is 11.6.